The Morgan fingerprint density at radius 3 is 2.53 bits per heavy atom. The third-order valence-corrected chi connectivity index (χ3v) is 5.45. The Labute approximate surface area is 182 Å². The number of hydrogen-bond donors (Lipinski definition) is 3. The molecule has 1 aliphatic heterocycles. The van der Waals surface area contributed by atoms with Crippen LogP contribution in [0, 0.1) is 5.82 Å². The number of carboxylic acid groups (broad SMARTS) is 1. The van der Waals surface area contributed by atoms with Gasteiger partial charge in [-0.05, 0) is 41.5 Å². The molecule has 3 N–H and O–H groups in total. The second-order valence-electron chi connectivity index (χ2n) is 7.57. The Kier molecular flexibility index (Phi) is 4.78. The highest BCUT2D eigenvalue weighted by atomic mass is 19.1. The number of rotatable bonds is 3. The summed E-state index contributed by atoms with van der Waals surface area (Å²) in [5, 5.41) is 22.8. The van der Waals surface area contributed by atoms with E-state index in [-0.39, 0.29) is 12.3 Å². The number of pyridine rings is 1. The fourth-order valence-electron chi connectivity index (χ4n) is 3.87. The van der Waals surface area contributed by atoms with Crippen LogP contribution >= 0.6 is 0 Å². The van der Waals surface area contributed by atoms with Gasteiger partial charge in [-0.1, -0.05) is 36.4 Å². The number of nitrogens with one attached hydrogen (secondary N) is 1. The minimum absolute atomic E-state index is 0.0523. The van der Waals surface area contributed by atoms with E-state index in [1.807, 2.05) is 30.3 Å². The quantitative estimate of drug-likeness (QED) is 0.440. The van der Waals surface area contributed by atoms with Gasteiger partial charge in [-0.2, -0.15) is 0 Å². The van der Waals surface area contributed by atoms with Crippen LogP contribution in [0.3, 0.4) is 0 Å². The van der Waals surface area contributed by atoms with E-state index in [1.54, 1.807) is 30.5 Å². The van der Waals surface area contributed by atoms with Gasteiger partial charge in [-0.15, -0.1) is 0 Å². The van der Waals surface area contributed by atoms with Crippen LogP contribution in [0.2, 0.25) is 0 Å². The molecule has 0 saturated heterocycles. The standard InChI is InChI=1S/C25H18FN3O3/c26-17-8-9-21-19(11-17)24-20(12-27-13-22(29-24)25(31)32)23(28-21)15-6-4-14(5-7-15)16-2-1-3-18(30)10-16/h1-12,22,29-30H,13H2,(H,31,32). The molecule has 6 nitrogen and oxygen atoms in total. The average molecular weight is 427 g/mol. The molecule has 0 saturated carbocycles. The highest BCUT2D eigenvalue weighted by molar-refractivity contribution is 6.07. The first-order chi connectivity index (χ1) is 15.5. The number of carboxylic acids is 1. The molecular formula is C25H18FN3O3. The maximum absolute atomic E-state index is 14.0. The van der Waals surface area contributed by atoms with Gasteiger partial charge in [0.2, 0.25) is 0 Å². The fourth-order valence-corrected chi connectivity index (χ4v) is 3.87. The molecule has 158 valence electrons. The zero-order valence-electron chi connectivity index (χ0n) is 16.8. The number of aromatic nitrogens is 1. The zero-order chi connectivity index (χ0) is 22.2. The van der Waals surface area contributed by atoms with Crippen molar-refractivity contribution >= 4 is 28.8 Å². The SMILES string of the molecule is O=C(O)C1CN=Cc2c(-c3ccc(-c4cccc(O)c4)cc3)nc3ccc(F)cc3c2N1. The van der Waals surface area contributed by atoms with E-state index in [0.717, 1.165) is 16.7 Å². The normalized spacial score (nSPS) is 15.1. The van der Waals surface area contributed by atoms with Crippen molar-refractivity contribution in [2.75, 3.05) is 11.9 Å². The number of aliphatic carboxylic acids is 1. The van der Waals surface area contributed by atoms with Crippen LogP contribution in [-0.2, 0) is 4.79 Å². The monoisotopic (exact) mass is 427 g/mol. The minimum Gasteiger partial charge on any atom is -0.508 e. The van der Waals surface area contributed by atoms with Crippen molar-refractivity contribution in [2.24, 2.45) is 4.99 Å². The smallest absolute Gasteiger partial charge is 0.328 e. The van der Waals surface area contributed by atoms with Gasteiger partial charge in [0.15, 0.2) is 0 Å². The van der Waals surface area contributed by atoms with Crippen molar-refractivity contribution < 1.29 is 19.4 Å². The lowest BCUT2D eigenvalue weighted by Gasteiger charge is -2.18. The molecule has 7 heteroatoms. The first kappa shape index (κ1) is 19.7. The van der Waals surface area contributed by atoms with Crippen molar-refractivity contribution in [3.63, 3.8) is 0 Å². The van der Waals surface area contributed by atoms with E-state index < -0.39 is 17.8 Å². The lowest BCUT2D eigenvalue weighted by Crippen LogP contribution is -2.31. The van der Waals surface area contributed by atoms with E-state index in [0.29, 0.717) is 27.8 Å². The highest BCUT2D eigenvalue weighted by Gasteiger charge is 2.24. The van der Waals surface area contributed by atoms with Crippen molar-refractivity contribution in [3.05, 3.63) is 78.1 Å². The fraction of sp³-hybridized carbons (Fsp3) is 0.0800. The number of halogens is 1. The minimum atomic E-state index is -1.03. The summed E-state index contributed by atoms with van der Waals surface area (Å²) in [4.78, 5) is 20.6. The highest BCUT2D eigenvalue weighted by Crippen LogP contribution is 2.35. The molecule has 1 unspecified atom stereocenters. The second-order valence-corrected chi connectivity index (χ2v) is 7.57. The predicted octanol–water partition coefficient (Wildman–Crippen LogP) is 4.71. The van der Waals surface area contributed by atoms with Gasteiger partial charge >= 0.3 is 5.97 Å². The van der Waals surface area contributed by atoms with Crippen molar-refractivity contribution in [1.82, 2.24) is 4.98 Å². The molecule has 1 aliphatic rings. The van der Waals surface area contributed by atoms with E-state index in [9.17, 15) is 19.4 Å². The van der Waals surface area contributed by atoms with Gasteiger partial charge in [-0.3, -0.25) is 4.99 Å². The summed E-state index contributed by atoms with van der Waals surface area (Å²) in [6, 6.07) is 18.0. The number of phenolic OH excluding ortho intramolecular Hbond substituents is 1. The Morgan fingerprint density at radius 2 is 1.78 bits per heavy atom. The van der Waals surface area contributed by atoms with Crippen LogP contribution in [-0.4, -0.2) is 40.0 Å². The van der Waals surface area contributed by atoms with E-state index in [1.165, 1.54) is 12.1 Å². The molecule has 0 amide bonds. The average Bonchev–Trinajstić information content (AvgIpc) is 3.02. The molecule has 0 aliphatic carbocycles. The summed E-state index contributed by atoms with van der Waals surface area (Å²) in [6.07, 6.45) is 1.60. The number of nitrogens with zero attached hydrogens (tertiary/aromatic N) is 2. The Hall–Kier alpha value is -4.26. The molecule has 4 aromatic rings. The van der Waals surface area contributed by atoms with Crippen molar-refractivity contribution in [1.29, 1.82) is 0 Å². The molecule has 32 heavy (non-hydrogen) atoms. The molecule has 3 aromatic carbocycles. The largest absolute Gasteiger partial charge is 0.508 e. The summed E-state index contributed by atoms with van der Waals surface area (Å²) >= 11 is 0. The van der Waals surface area contributed by atoms with Gasteiger partial charge in [-0.25, -0.2) is 14.2 Å². The van der Waals surface area contributed by atoms with Gasteiger partial charge < -0.3 is 15.5 Å². The third kappa shape index (κ3) is 3.54. The molecule has 0 spiro atoms. The van der Waals surface area contributed by atoms with Gasteiger partial charge in [0.1, 0.15) is 17.6 Å². The summed E-state index contributed by atoms with van der Waals surface area (Å²) in [6.45, 7) is 0.0523. The van der Waals surface area contributed by atoms with Crippen LogP contribution in [0.1, 0.15) is 5.56 Å². The van der Waals surface area contributed by atoms with Crippen LogP contribution in [0.15, 0.2) is 71.7 Å². The first-order valence-electron chi connectivity index (χ1n) is 10.0. The summed E-state index contributed by atoms with van der Waals surface area (Å²) in [7, 11) is 0. The summed E-state index contributed by atoms with van der Waals surface area (Å²) < 4.78 is 14.0. The number of anilines is 1. The predicted molar refractivity (Wildman–Crippen MR) is 122 cm³/mol. The lowest BCUT2D eigenvalue weighted by molar-refractivity contribution is -0.137. The second kappa shape index (κ2) is 7.77. The van der Waals surface area contributed by atoms with E-state index >= 15 is 0 Å². The maximum Gasteiger partial charge on any atom is 0.328 e. The first-order valence-corrected chi connectivity index (χ1v) is 10.0. The molecule has 0 bridgehead atoms. The number of hydrogen-bond acceptors (Lipinski definition) is 5. The molecule has 2 heterocycles. The number of aromatic hydroxyl groups is 1. The summed E-state index contributed by atoms with van der Waals surface area (Å²) in [5.74, 6) is -1.27. The molecule has 0 fully saturated rings. The van der Waals surface area contributed by atoms with Gasteiger partial charge in [0.25, 0.3) is 0 Å². The number of phenols is 1. The molecule has 1 aromatic heterocycles. The van der Waals surface area contributed by atoms with Crippen molar-refractivity contribution in [3.8, 4) is 28.1 Å². The third-order valence-electron chi connectivity index (χ3n) is 5.45. The van der Waals surface area contributed by atoms with Crippen LogP contribution in [0.25, 0.3) is 33.3 Å². The lowest BCUT2D eigenvalue weighted by atomic mass is 9.98. The molecule has 1 atom stereocenters. The number of carbonyl (C=O) groups is 1. The molecular weight excluding hydrogens is 409 g/mol. The maximum atomic E-state index is 14.0. The van der Waals surface area contributed by atoms with E-state index in [4.69, 9.17) is 4.98 Å². The van der Waals surface area contributed by atoms with Crippen LogP contribution in [0.5, 0.6) is 5.75 Å². The topological polar surface area (TPSA) is 94.8 Å². The van der Waals surface area contributed by atoms with Crippen LogP contribution in [0.4, 0.5) is 10.1 Å². The van der Waals surface area contributed by atoms with Gasteiger partial charge in [0.05, 0.1) is 23.4 Å². The Bertz CT molecular complexity index is 1380. The zero-order valence-corrected chi connectivity index (χ0v) is 16.8. The Balaban J connectivity index is 1.67. The molecule has 0 radical (unpaired) electrons. The van der Waals surface area contributed by atoms with Crippen molar-refractivity contribution in [2.45, 2.75) is 6.04 Å². The van der Waals surface area contributed by atoms with E-state index in [2.05, 4.69) is 10.3 Å². The Morgan fingerprint density at radius 1 is 1.00 bits per heavy atom. The number of fused-ring (bicyclic) bond motifs is 3. The van der Waals surface area contributed by atoms with Crippen LogP contribution < -0.4 is 5.32 Å². The number of aliphatic imine (C=N–C) groups is 1. The summed E-state index contributed by atoms with van der Waals surface area (Å²) in [5.41, 5.74) is 4.87. The van der Waals surface area contributed by atoms with Gasteiger partial charge in [0, 0.05) is 22.7 Å². The molecule has 5 rings (SSSR count). The number of benzene rings is 3.